The first-order chi connectivity index (χ1) is 9.20. The van der Waals surface area contributed by atoms with Crippen LogP contribution in [0.1, 0.15) is 5.56 Å². The van der Waals surface area contributed by atoms with Crippen molar-refractivity contribution in [2.75, 3.05) is 7.11 Å². The molecule has 0 atom stereocenters. The summed E-state index contributed by atoms with van der Waals surface area (Å²) in [5.74, 6) is 0.777. The largest absolute Gasteiger partial charge is 0.497 e. The maximum Gasteiger partial charge on any atom is 0.275 e. The molecular weight excluding hydrogens is 260 g/mol. The summed E-state index contributed by atoms with van der Waals surface area (Å²) in [5.41, 5.74) is 2.51. The molecule has 0 bridgehead atoms. The molecule has 5 heteroatoms. The number of methoxy groups -OCH3 is 1. The number of thiophene rings is 1. The molecule has 3 rings (SSSR count). The van der Waals surface area contributed by atoms with Crippen molar-refractivity contribution in [1.82, 2.24) is 9.55 Å². The van der Waals surface area contributed by atoms with Gasteiger partial charge in [0.25, 0.3) is 5.56 Å². The van der Waals surface area contributed by atoms with E-state index in [0.717, 1.165) is 22.5 Å². The van der Waals surface area contributed by atoms with E-state index < -0.39 is 0 Å². The van der Waals surface area contributed by atoms with Gasteiger partial charge in [-0.05, 0) is 42.1 Å². The van der Waals surface area contributed by atoms with Crippen molar-refractivity contribution < 1.29 is 4.74 Å². The average molecular weight is 272 g/mol. The zero-order valence-corrected chi connectivity index (χ0v) is 11.4. The number of hydrogen-bond donors (Lipinski definition) is 0. The minimum Gasteiger partial charge on any atom is -0.497 e. The predicted octanol–water partition coefficient (Wildman–Crippen LogP) is 2.76. The molecule has 4 nitrogen and oxygen atoms in total. The summed E-state index contributed by atoms with van der Waals surface area (Å²) < 4.78 is 7.43. The van der Waals surface area contributed by atoms with Gasteiger partial charge >= 0.3 is 0 Å². The Morgan fingerprint density at radius 1 is 1.32 bits per heavy atom. The van der Waals surface area contributed by atoms with Crippen molar-refractivity contribution in [3.05, 3.63) is 51.9 Å². The van der Waals surface area contributed by atoms with Crippen LogP contribution < -0.4 is 10.3 Å². The van der Waals surface area contributed by atoms with E-state index in [-0.39, 0.29) is 5.56 Å². The number of benzene rings is 1. The minimum absolute atomic E-state index is 0.0340. The molecule has 0 saturated heterocycles. The Morgan fingerprint density at radius 3 is 2.89 bits per heavy atom. The van der Waals surface area contributed by atoms with Crippen LogP contribution in [0.2, 0.25) is 0 Å². The number of hydrogen-bond acceptors (Lipinski definition) is 4. The number of ether oxygens (including phenoxy) is 1. The first-order valence-corrected chi connectivity index (χ1v) is 6.68. The molecule has 0 spiro atoms. The van der Waals surface area contributed by atoms with Crippen molar-refractivity contribution in [3.63, 3.8) is 0 Å². The second-order valence-corrected chi connectivity index (χ2v) is 5.12. The third-order valence-electron chi connectivity index (χ3n) is 3.03. The smallest absolute Gasteiger partial charge is 0.275 e. The van der Waals surface area contributed by atoms with E-state index in [1.165, 1.54) is 11.3 Å². The molecule has 0 fully saturated rings. The lowest BCUT2D eigenvalue weighted by Gasteiger charge is -2.10. The highest BCUT2D eigenvalue weighted by molar-refractivity contribution is 7.17. The number of rotatable bonds is 2. The van der Waals surface area contributed by atoms with Crippen LogP contribution in [0.15, 0.2) is 40.8 Å². The fourth-order valence-corrected chi connectivity index (χ4v) is 2.82. The van der Waals surface area contributed by atoms with Gasteiger partial charge in [0.15, 0.2) is 0 Å². The maximum atomic E-state index is 12.4. The monoisotopic (exact) mass is 272 g/mol. The Hall–Kier alpha value is -2.14. The van der Waals surface area contributed by atoms with E-state index in [0.29, 0.717) is 4.70 Å². The van der Waals surface area contributed by atoms with Crippen LogP contribution in [0.5, 0.6) is 5.75 Å². The lowest BCUT2D eigenvalue weighted by Crippen LogP contribution is -2.18. The van der Waals surface area contributed by atoms with Gasteiger partial charge in [0.1, 0.15) is 16.8 Å². The van der Waals surface area contributed by atoms with E-state index >= 15 is 0 Å². The molecular formula is C14H12N2O2S. The molecule has 0 unspecified atom stereocenters. The molecule has 19 heavy (non-hydrogen) atoms. The SMILES string of the molecule is COc1ccc(-n2cnc3ccsc3c2=O)c(C)c1. The van der Waals surface area contributed by atoms with E-state index in [9.17, 15) is 4.79 Å². The van der Waals surface area contributed by atoms with Crippen LogP contribution in [0.25, 0.3) is 15.9 Å². The fraction of sp³-hybridized carbons (Fsp3) is 0.143. The van der Waals surface area contributed by atoms with Gasteiger partial charge in [0.2, 0.25) is 0 Å². The zero-order valence-electron chi connectivity index (χ0n) is 10.6. The van der Waals surface area contributed by atoms with Crippen LogP contribution >= 0.6 is 11.3 Å². The Kier molecular flexibility index (Phi) is 2.83. The molecule has 0 radical (unpaired) electrons. The van der Waals surface area contributed by atoms with E-state index in [1.54, 1.807) is 18.0 Å². The summed E-state index contributed by atoms with van der Waals surface area (Å²) in [6, 6.07) is 7.47. The molecule has 96 valence electrons. The van der Waals surface area contributed by atoms with Gasteiger partial charge < -0.3 is 4.74 Å². The Balaban J connectivity index is 2.24. The number of fused-ring (bicyclic) bond motifs is 1. The highest BCUT2D eigenvalue weighted by Crippen LogP contribution is 2.20. The zero-order chi connectivity index (χ0) is 13.4. The third-order valence-corrected chi connectivity index (χ3v) is 3.92. The summed E-state index contributed by atoms with van der Waals surface area (Å²) >= 11 is 1.42. The minimum atomic E-state index is -0.0340. The first-order valence-electron chi connectivity index (χ1n) is 5.80. The summed E-state index contributed by atoms with van der Waals surface area (Å²) in [5, 5.41) is 1.88. The highest BCUT2D eigenvalue weighted by atomic mass is 32.1. The lowest BCUT2D eigenvalue weighted by molar-refractivity contribution is 0.414. The van der Waals surface area contributed by atoms with Crippen molar-refractivity contribution in [2.24, 2.45) is 0 Å². The van der Waals surface area contributed by atoms with Crippen LogP contribution in [0.4, 0.5) is 0 Å². The molecule has 0 aliphatic rings. The quantitative estimate of drug-likeness (QED) is 0.720. The van der Waals surface area contributed by atoms with Crippen LogP contribution in [-0.2, 0) is 0 Å². The Labute approximate surface area is 113 Å². The molecule has 0 amide bonds. The summed E-state index contributed by atoms with van der Waals surface area (Å²) in [6.07, 6.45) is 1.58. The van der Waals surface area contributed by atoms with Gasteiger partial charge in [0, 0.05) is 0 Å². The van der Waals surface area contributed by atoms with Crippen molar-refractivity contribution in [3.8, 4) is 11.4 Å². The van der Waals surface area contributed by atoms with E-state index in [2.05, 4.69) is 4.98 Å². The second-order valence-electron chi connectivity index (χ2n) is 4.21. The van der Waals surface area contributed by atoms with Crippen molar-refractivity contribution in [1.29, 1.82) is 0 Å². The molecule has 1 aromatic carbocycles. The molecule has 0 aliphatic heterocycles. The van der Waals surface area contributed by atoms with Crippen molar-refractivity contribution in [2.45, 2.75) is 6.92 Å². The normalized spacial score (nSPS) is 10.8. The summed E-state index contributed by atoms with van der Waals surface area (Å²) in [4.78, 5) is 16.7. The van der Waals surface area contributed by atoms with E-state index in [1.807, 2.05) is 36.6 Å². The number of aryl methyl sites for hydroxylation is 1. The first kappa shape index (κ1) is 11.9. The fourth-order valence-electron chi connectivity index (χ4n) is 2.04. The van der Waals surface area contributed by atoms with Gasteiger partial charge in [-0.15, -0.1) is 11.3 Å². The van der Waals surface area contributed by atoms with Gasteiger partial charge in [-0.1, -0.05) is 0 Å². The van der Waals surface area contributed by atoms with Gasteiger partial charge in [-0.3, -0.25) is 9.36 Å². The van der Waals surface area contributed by atoms with Gasteiger partial charge in [-0.2, -0.15) is 0 Å². The van der Waals surface area contributed by atoms with Crippen LogP contribution in [0.3, 0.4) is 0 Å². The van der Waals surface area contributed by atoms with Gasteiger partial charge in [0.05, 0.1) is 18.3 Å². The standard InChI is InChI=1S/C14H12N2O2S/c1-9-7-10(18-2)3-4-12(9)16-8-15-11-5-6-19-13(11)14(16)17/h3-8H,1-2H3. The Morgan fingerprint density at radius 2 is 2.16 bits per heavy atom. The second kappa shape index (κ2) is 4.51. The number of nitrogens with zero attached hydrogens (tertiary/aromatic N) is 2. The highest BCUT2D eigenvalue weighted by Gasteiger charge is 2.09. The third kappa shape index (κ3) is 1.92. The molecule has 0 saturated carbocycles. The van der Waals surface area contributed by atoms with Crippen LogP contribution in [-0.4, -0.2) is 16.7 Å². The maximum absolute atomic E-state index is 12.4. The summed E-state index contributed by atoms with van der Waals surface area (Å²) in [7, 11) is 1.62. The molecule has 2 heterocycles. The lowest BCUT2D eigenvalue weighted by atomic mass is 10.2. The number of aromatic nitrogens is 2. The topological polar surface area (TPSA) is 44.1 Å². The molecule has 0 N–H and O–H groups in total. The van der Waals surface area contributed by atoms with Crippen LogP contribution in [0, 0.1) is 6.92 Å². The predicted molar refractivity (Wildman–Crippen MR) is 76.5 cm³/mol. The Bertz CT molecular complexity index is 805. The molecule has 3 aromatic rings. The van der Waals surface area contributed by atoms with Gasteiger partial charge in [-0.25, -0.2) is 4.98 Å². The summed E-state index contributed by atoms with van der Waals surface area (Å²) in [6.45, 7) is 1.95. The average Bonchev–Trinajstić information content (AvgIpc) is 2.89. The van der Waals surface area contributed by atoms with Crippen molar-refractivity contribution >= 4 is 21.6 Å². The molecule has 0 aliphatic carbocycles. The molecule has 2 aromatic heterocycles. The van der Waals surface area contributed by atoms with E-state index in [4.69, 9.17) is 4.74 Å².